The first-order chi connectivity index (χ1) is 28.0. The summed E-state index contributed by atoms with van der Waals surface area (Å²) in [6.07, 6.45) is 0. The summed E-state index contributed by atoms with van der Waals surface area (Å²) in [4.78, 5) is 10.7. The van der Waals surface area contributed by atoms with Crippen molar-refractivity contribution in [2.75, 3.05) is 0 Å². The molecule has 268 valence electrons. The predicted molar refractivity (Wildman–Crippen MR) is 235 cm³/mol. The molecule has 0 saturated heterocycles. The molecule has 3 aromatic heterocycles. The van der Waals surface area contributed by atoms with E-state index in [0.29, 0.717) is 5.82 Å². The summed E-state index contributed by atoms with van der Waals surface area (Å²) in [5, 5.41) is 5.56. The Bertz CT molecular complexity index is 3440. The van der Waals surface area contributed by atoms with Crippen LogP contribution >= 0.6 is 0 Å². The Labute approximate surface area is 329 Å². The van der Waals surface area contributed by atoms with Crippen LogP contribution in [0.15, 0.2) is 180 Å². The van der Waals surface area contributed by atoms with Crippen molar-refractivity contribution < 1.29 is 4.42 Å². The van der Waals surface area contributed by atoms with Crippen molar-refractivity contribution in [3.8, 4) is 50.6 Å². The maximum Gasteiger partial charge on any atom is 0.161 e. The van der Waals surface area contributed by atoms with Gasteiger partial charge in [0.25, 0.3) is 0 Å². The second-order valence-electron chi connectivity index (χ2n) is 15.7. The molecule has 4 heteroatoms. The monoisotopic (exact) mass is 729 g/mol. The van der Waals surface area contributed by atoms with Gasteiger partial charge >= 0.3 is 0 Å². The molecule has 57 heavy (non-hydrogen) atoms. The van der Waals surface area contributed by atoms with Gasteiger partial charge in [0, 0.05) is 54.7 Å². The summed E-state index contributed by atoms with van der Waals surface area (Å²) >= 11 is 0. The lowest BCUT2D eigenvalue weighted by Gasteiger charge is -2.21. The second kappa shape index (κ2) is 11.8. The maximum atomic E-state index is 7.07. The van der Waals surface area contributed by atoms with Crippen LogP contribution in [0.4, 0.5) is 0 Å². The summed E-state index contributed by atoms with van der Waals surface area (Å²) in [5.74, 6) is 0.713. The van der Waals surface area contributed by atoms with Gasteiger partial charge in [-0.1, -0.05) is 147 Å². The van der Waals surface area contributed by atoms with Gasteiger partial charge in [-0.3, -0.25) is 0 Å². The minimum atomic E-state index is -0.122. The molecular formula is C53H35N3O. The molecule has 8 aromatic carbocycles. The molecule has 0 amide bonds. The lowest BCUT2D eigenvalue weighted by Crippen LogP contribution is -2.14. The summed E-state index contributed by atoms with van der Waals surface area (Å²) in [6, 6.07) is 62.6. The molecule has 1 aliphatic carbocycles. The number of rotatable bonds is 4. The van der Waals surface area contributed by atoms with Gasteiger partial charge < -0.3 is 8.98 Å². The van der Waals surface area contributed by atoms with Crippen molar-refractivity contribution in [1.29, 1.82) is 0 Å². The number of fused-ring (bicyclic) bond motifs is 10. The molecule has 0 atom stereocenters. The smallest absolute Gasteiger partial charge is 0.161 e. The van der Waals surface area contributed by atoms with E-state index in [9.17, 15) is 0 Å². The number of hydrogen-bond donors (Lipinski definition) is 0. The van der Waals surface area contributed by atoms with Crippen LogP contribution in [0.5, 0.6) is 0 Å². The standard InChI is InChI=1S/C53H35N3O/c1-53(2)43-25-9-6-18-38(43)48-40(23-14-26-44(48)53)52-54-45-27-10-7-19-39(45)49(55-52)41-24-13-22-37-36-21-12-20-34(50(36)57-51(37)41)32-29-30-47-42(31-32)35-17-8-11-28-46(35)56(47)33-15-4-3-5-16-33/h3-31H,1-2H3. The first-order valence-corrected chi connectivity index (χ1v) is 19.6. The van der Waals surface area contributed by atoms with Crippen LogP contribution in [0.3, 0.4) is 0 Å². The molecule has 0 N–H and O–H groups in total. The number of furan rings is 1. The Morgan fingerprint density at radius 3 is 1.93 bits per heavy atom. The molecule has 0 aliphatic heterocycles. The first-order valence-electron chi connectivity index (χ1n) is 19.6. The zero-order valence-corrected chi connectivity index (χ0v) is 31.5. The van der Waals surface area contributed by atoms with E-state index in [2.05, 4.69) is 194 Å². The average molecular weight is 730 g/mol. The fraction of sp³-hybridized carbons (Fsp3) is 0.0566. The molecule has 0 bridgehead atoms. The fourth-order valence-corrected chi connectivity index (χ4v) is 9.57. The third kappa shape index (κ3) is 4.55. The fourth-order valence-electron chi connectivity index (χ4n) is 9.57. The molecular weight excluding hydrogens is 695 g/mol. The summed E-state index contributed by atoms with van der Waals surface area (Å²) in [7, 11) is 0. The maximum absolute atomic E-state index is 7.07. The van der Waals surface area contributed by atoms with Crippen LogP contribution in [0.2, 0.25) is 0 Å². The molecule has 0 saturated carbocycles. The zero-order valence-electron chi connectivity index (χ0n) is 31.5. The van der Waals surface area contributed by atoms with Crippen molar-refractivity contribution in [3.63, 3.8) is 0 Å². The lowest BCUT2D eigenvalue weighted by molar-refractivity contribution is 0.660. The summed E-state index contributed by atoms with van der Waals surface area (Å²) < 4.78 is 9.43. The number of nitrogens with zero attached hydrogens (tertiary/aromatic N) is 3. The highest BCUT2D eigenvalue weighted by Crippen LogP contribution is 2.52. The van der Waals surface area contributed by atoms with Gasteiger partial charge in [-0.2, -0.15) is 0 Å². The van der Waals surface area contributed by atoms with Crippen LogP contribution in [0, 0.1) is 0 Å². The molecule has 0 fully saturated rings. The van der Waals surface area contributed by atoms with Crippen LogP contribution < -0.4 is 0 Å². The van der Waals surface area contributed by atoms with E-state index >= 15 is 0 Å². The molecule has 11 aromatic rings. The molecule has 1 aliphatic rings. The van der Waals surface area contributed by atoms with E-state index in [-0.39, 0.29) is 5.41 Å². The van der Waals surface area contributed by atoms with Crippen molar-refractivity contribution in [2.45, 2.75) is 19.3 Å². The Morgan fingerprint density at radius 1 is 0.456 bits per heavy atom. The van der Waals surface area contributed by atoms with E-state index in [1.54, 1.807) is 0 Å². The minimum absolute atomic E-state index is 0.122. The summed E-state index contributed by atoms with van der Waals surface area (Å²) in [5.41, 5.74) is 16.1. The highest BCUT2D eigenvalue weighted by molar-refractivity contribution is 6.16. The van der Waals surface area contributed by atoms with E-state index in [4.69, 9.17) is 14.4 Å². The highest BCUT2D eigenvalue weighted by Gasteiger charge is 2.37. The van der Waals surface area contributed by atoms with E-state index < -0.39 is 0 Å². The third-order valence-corrected chi connectivity index (χ3v) is 12.2. The van der Waals surface area contributed by atoms with Gasteiger partial charge in [0.2, 0.25) is 0 Å². The Hall–Kier alpha value is -7.30. The van der Waals surface area contributed by atoms with Crippen LogP contribution in [0.25, 0.3) is 105 Å². The van der Waals surface area contributed by atoms with E-state index in [0.717, 1.165) is 66.5 Å². The number of hydrogen-bond acceptors (Lipinski definition) is 3. The molecule has 4 nitrogen and oxygen atoms in total. The Kier molecular flexibility index (Phi) is 6.65. The highest BCUT2D eigenvalue weighted by atomic mass is 16.3. The van der Waals surface area contributed by atoms with Gasteiger partial charge in [0.1, 0.15) is 11.2 Å². The quantitative estimate of drug-likeness (QED) is 0.181. The van der Waals surface area contributed by atoms with Gasteiger partial charge in [-0.15, -0.1) is 0 Å². The van der Waals surface area contributed by atoms with E-state index in [1.807, 2.05) is 0 Å². The third-order valence-electron chi connectivity index (χ3n) is 12.2. The normalized spacial score (nSPS) is 13.2. The number of para-hydroxylation sites is 5. The van der Waals surface area contributed by atoms with Crippen molar-refractivity contribution in [3.05, 3.63) is 187 Å². The molecule has 3 heterocycles. The van der Waals surface area contributed by atoms with Crippen molar-refractivity contribution in [1.82, 2.24) is 14.5 Å². The number of aromatic nitrogens is 3. The molecule has 0 radical (unpaired) electrons. The molecule has 0 spiro atoms. The molecule has 0 unspecified atom stereocenters. The van der Waals surface area contributed by atoms with Gasteiger partial charge in [0.15, 0.2) is 5.82 Å². The average Bonchev–Trinajstić information content (AvgIpc) is 3.89. The Balaban J connectivity index is 1.06. The van der Waals surface area contributed by atoms with Gasteiger partial charge in [-0.25, -0.2) is 9.97 Å². The number of benzene rings is 8. The lowest BCUT2D eigenvalue weighted by atomic mass is 9.82. The Morgan fingerprint density at radius 2 is 1.07 bits per heavy atom. The zero-order chi connectivity index (χ0) is 37.8. The largest absolute Gasteiger partial charge is 0.455 e. The van der Waals surface area contributed by atoms with Gasteiger partial charge in [-0.05, 0) is 70.3 Å². The second-order valence-corrected chi connectivity index (χ2v) is 15.7. The van der Waals surface area contributed by atoms with Crippen LogP contribution in [-0.4, -0.2) is 14.5 Å². The minimum Gasteiger partial charge on any atom is -0.455 e. The van der Waals surface area contributed by atoms with Crippen molar-refractivity contribution >= 4 is 54.6 Å². The molecule has 12 rings (SSSR count). The topological polar surface area (TPSA) is 43.9 Å². The first kappa shape index (κ1) is 32.0. The SMILES string of the molecule is CC1(C)c2ccccc2-c2c(-c3nc(-c4cccc5c4oc4c(-c6ccc7c(c6)c6ccccc6n7-c6ccccc6)cccc45)c4ccccc4n3)cccc21. The van der Waals surface area contributed by atoms with Crippen molar-refractivity contribution in [2.24, 2.45) is 0 Å². The van der Waals surface area contributed by atoms with Gasteiger partial charge in [0.05, 0.1) is 22.2 Å². The predicted octanol–water partition coefficient (Wildman–Crippen LogP) is 13.9. The summed E-state index contributed by atoms with van der Waals surface area (Å²) in [6.45, 7) is 4.62. The van der Waals surface area contributed by atoms with E-state index in [1.165, 1.54) is 44.1 Å². The van der Waals surface area contributed by atoms with Crippen LogP contribution in [-0.2, 0) is 5.41 Å². The van der Waals surface area contributed by atoms with Crippen LogP contribution in [0.1, 0.15) is 25.0 Å².